The van der Waals surface area contributed by atoms with Gasteiger partial charge >= 0.3 is 0 Å². The van der Waals surface area contributed by atoms with E-state index in [1.807, 2.05) is 60.7 Å². The van der Waals surface area contributed by atoms with Crippen molar-refractivity contribution < 1.29 is 14.3 Å². The summed E-state index contributed by atoms with van der Waals surface area (Å²) in [6, 6.07) is 21.1. The Morgan fingerprint density at radius 2 is 1.87 bits per heavy atom. The zero-order valence-electron chi connectivity index (χ0n) is 16.3. The van der Waals surface area contributed by atoms with Crippen LogP contribution in [-0.2, 0) is 22.7 Å². The third-order valence-corrected chi connectivity index (χ3v) is 5.68. The molecule has 0 saturated heterocycles. The van der Waals surface area contributed by atoms with Gasteiger partial charge in [0.05, 0.1) is 11.4 Å². The lowest BCUT2D eigenvalue weighted by Gasteiger charge is -2.28. The molecule has 0 atom stereocenters. The number of aromatic nitrogens is 1. The number of benzene rings is 2. The molecule has 7 heteroatoms. The van der Waals surface area contributed by atoms with Gasteiger partial charge in [0.15, 0.2) is 0 Å². The number of carbonyl (C=O) groups excluding carboxylic acids is 2. The Labute approximate surface area is 179 Å². The summed E-state index contributed by atoms with van der Waals surface area (Å²) in [7, 11) is 0. The van der Waals surface area contributed by atoms with Crippen molar-refractivity contribution in [1.29, 1.82) is 0 Å². The lowest BCUT2D eigenvalue weighted by Crippen LogP contribution is -2.43. The second-order valence-corrected chi connectivity index (χ2v) is 7.81. The van der Waals surface area contributed by atoms with Gasteiger partial charge in [-0.2, -0.15) is 0 Å². The van der Waals surface area contributed by atoms with Crippen molar-refractivity contribution >= 4 is 29.3 Å². The van der Waals surface area contributed by atoms with Crippen molar-refractivity contribution in [3.63, 3.8) is 0 Å². The summed E-state index contributed by atoms with van der Waals surface area (Å²) < 4.78 is 5.74. The van der Waals surface area contributed by atoms with E-state index < -0.39 is 0 Å². The molecule has 0 fully saturated rings. The second kappa shape index (κ2) is 9.45. The molecule has 152 valence electrons. The topological polar surface area (TPSA) is 71.5 Å². The molecule has 6 nitrogen and oxygen atoms in total. The Balaban J connectivity index is 1.32. The number of fused-ring (bicyclic) bond motifs is 1. The van der Waals surface area contributed by atoms with Crippen LogP contribution in [0.1, 0.15) is 11.1 Å². The predicted octanol–water partition coefficient (Wildman–Crippen LogP) is 3.42. The number of anilines is 1. The van der Waals surface area contributed by atoms with Crippen LogP contribution < -0.4 is 15.0 Å². The zero-order valence-corrected chi connectivity index (χ0v) is 17.1. The van der Waals surface area contributed by atoms with Gasteiger partial charge in [0.2, 0.25) is 17.7 Å². The zero-order chi connectivity index (χ0) is 20.8. The Bertz CT molecular complexity index is 1040. The van der Waals surface area contributed by atoms with Gasteiger partial charge < -0.3 is 15.0 Å². The number of nitrogens with one attached hydrogen (secondary N) is 1. The fourth-order valence-electron chi connectivity index (χ4n) is 3.10. The van der Waals surface area contributed by atoms with E-state index in [0.717, 1.165) is 21.7 Å². The molecule has 0 spiro atoms. The van der Waals surface area contributed by atoms with Crippen molar-refractivity contribution in [2.75, 3.05) is 17.2 Å². The van der Waals surface area contributed by atoms with Crippen LogP contribution in [-0.4, -0.2) is 29.1 Å². The summed E-state index contributed by atoms with van der Waals surface area (Å²) in [6.07, 6.45) is 1.66. The van der Waals surface area contributed by atoms with Crippen molar-refractivity contribution in [3.8, 4) is 5.88 Å². The van der Waals surface area contributed by atoms with Gasteiger partial charge in [-0.3, -0.25) is 9.59 Å². The maximum absolute atomic E-state index is 12.5. The van der Waals surface area contributed by atoms with Crippen LogP contribution in [0.4, 0.5) is 5.69 Å². The minimum absolute atomic E-state index is 0.00114. The lowest BCUT2D eigenvalue weighted by molar-refractivity contribution is -0.123. The maximum atomic E-state index is 12.5. The first-order valence-electron chi connectivity index (χ1n) is 9.59. The lowest BCUT2D eigenvalue weighted by atomic mass is 10.2. The van der Waals surface area contributed by atoms with E-state index in [2.05, 4.69) is 10.3 Å². The van der Waals surface area contributed by atoms with E-state index in [0.29, 0.717) is 24.8 Å². The molecule has 3 aromatic rings. The van der Waals surface area contributed by atoms with Crippen molar-refractivity contribution in [3.05, 3.63) is 84.1 Å². The number of thioether (sulfide) groups is 1. The van der Waals surface area contributed by atoms with E-state index in [4.69, 9.17) is 4.74 Å². The number of rotatable bonds is 7. The number of para-hydroxylation sites is 1. The van der Waals surface area contributed by atoms with E-state index in [1.54, 1.807) is 17.2 Å². The van der Waals surface area contributed by atoms with Gasteiger partial charge in [-0.05, 0) is 29.3 Å². The van der Waals surface area contributed by atoms with Gasteiger partial charge in [0.1, 0.15) is 13.2 Å². The molecule has 1 N–H and O–H groups in total. The molecule has 2 amide bonds. The average molecular weight is 420 g/mol. The number of amides is 2. The highest BCUT2D eigenvalue weighted by molar-refractivity contribution is 8.00. The van der Waals surface area contributed by atoms with Gasteiger partial charge in [0, 0.05) is 23.7 Å². The van der Waals surface area contributed by atoms with Crippen LogP contribution in [0.3, 0.4) is 0 Å². The van der Waals surface area contributed by atoms with Gasteiger partial charge in [-0.15, -0.1) is 11.8 Å². The highest BCUT2D eigenvalue weighted by Gasteiger charge is 2.26. The summed E-state index contributed by atoms with van der Waals surface area (Å²) in [6.45, 7) is 0.762. The Kier molecular flexibility index (Phi) is 6.29. The summed E-state index contributed by atoms with van der Waals surface area (Å²) in [5, 5.41) is 2.88. The van der Waals surface area contributed by atoms with Crippen LogP contribution in [0.25, 0.3) is 0 Å². The number of hydrogen-bond donors (Lipinski definition) is 1. The number of carbonyl (C=O) groups is 2. The Morgan fingerprint density at radius 3 is 2.73 bits per heavy atom. The van der Waals surface area contributed by atoms with Crippen LogP contribution in [0.2, 0.25) is 0 Å². The highest BCUT2D eigenvalue weighted by Crippen LogP contribution is 2.34. The minimum Gasteiger partial charge on any atom is -0.473 e. The quantitative estimate of drug-likeness (QED) is 0.635. The van der Waals surface area contributed by atoms with E-state index in [9.17, 15) is 9.59 Å². The largest absolute Gasteiger partial charge is 0.473 e. The average Bonchev–Trinajstić information content (AvgIpc) is 2.79. The molecule has 0 saturated carbocycles. The molecule has 0 aliphatic carbocycles. The minimum atomic E-state index is -0.214. The van der Waals surface area contributed by atoms with E-state index in [-0.39, 0.29) is 18.4 Å². The molecule has 1 aromatic heterocycles. The highest BCUT2D eigenvalue weighted by atomic mass is 32.2. The normalized spacial score (nSPS) is 12.9. The standard InChI is InChI=1S/C23H21N3O3S/c27-21(14-26-19-8-4-5-9-20(19)30-16-23(26)28)25-13-18-10-11-24-22(12-18)29-15-17-6-2-1-3-7-17/h1-12H,13-16H2,(H,25,27). The third kappa shape index (κ3) is 4.99. The summed E-state index contributed by atoms with van der Waals surface area (Å²) >= 11 is 1.50. The predicted molar refractivity (Wildman–Crippen MR) is 116 cm³/mol. The molecule has 0 radical (unpaired) electrons. The van der Waals surface area contributed by atoms with Gasteiger partial charge in [-0.25, -0.2) is 4.98 Å². The number of nitrogens with zero attached hydrogens (tertiary/aromatic N) is 2. The molecule has 4 rings (SSSR count). The molecule has 0 unspecified atom stereocenters. The molecular formula is C23H21N3O3S. The van der Waals surface area contributed by atoms with E-state index >= 15 is 0 Å². The molecule has 1 aliphatic rings. The smallest absolute Gasteiger partial charge is 0.240 e. The maximum Gasteiger partial charge on any atom is 0.240 e. The molecule has 2 aromatic carbocycles. The molecule has 1 aliphatic heterocycles. The van der Waals surface area contributed by atoms with Crippen LogP contribution in [0.15, 0.2) is 77.8 Å². The first-order chi connectivity index (χ1) is 14.7. The SMILES string of the molecule is O=C(CN1C(=O)CSc2ccccc21)NCc1ccnc(OCc2ccccc2)c1. The fraction of sp³-hybridized carbons (Fsp3) is 0.174. The number of ether oxygens (including phenoxy) is 1. The number of hydrogen-bond acceptors (Lipinski definition) is 5. The Hall–Kier alpha value is -3.32. The van der Waals surface area contributed by atoms with Crippen molar-refractivity contribution in [1.82, 2.24) is 10.3 Å². The Morgan fingerprint density at radius 1 is 1.07 bits per heavy atom. The summed E-state index contributed by atoms with van der Waals surface area (Å²) in [5.74, 6) is 0.572. The molecule has 30 heavy (non-hydrogen) atoms. The second-order valence-electron chi connectivity index (χ2n) is 6.79. The summed E-state index contributed by atoms with van der Waals surface area (Å²) in [5.41, 5.74) is 2.72. The van der Waals surface area contributed by atoms with Gasteiger partial charge in [0.25, 0.3) is 0 Å². The van der Waals surface area contributed by atoms with Crippen molar-refractivity contribution in [2.45, 2.75) is 18.0 Å². The van der Waals surface area contributed by atoms with Crippen LogP contribution >= 0.6 is 11.8 Å². The van der Waals surface area contributed by atoms with Crippen LogP contribution in [0, 0.1) is 0 Å². The monoisotopic (exact) mass is 419 g/mol. The van der Waals surface area contributed by atoms with Gasteiger partial charge in [-0.1, -0.05) is 42.5 Å². The number of pyridine rings is 1. The van der Waals surface area contributed by atoms with Crippen molar-refractivity contribution in [2.24, 2.45) is 0 Å². The molecular weight excluding hydrogens is 398 g/mol. The summed E-state index contributed by atoms with van der Waals surface area (Å²) in [4.78, 5) is 31.6. The molecule has 0 bridgehead atoms. The van der Waals surface area contributed by atoms with E-state index in [1.165, 1.54) is 11.8 Å². The third-order valence-electron chi connectivity index (χ3n) is 4.63. The van der Waals surface area contributed by atoms with Crippen LogP contribution in [0.5, 0.6) is 5.88 Å². The first-order valence-corrected chi connectivity index (χ1v) is 10.6. The fourth-order valence-corrected chi connectivity index (χ4v) is 4.03. The first kappa shape index (κ1) is 20.0. The molecule has 2 heterocycles.